The monoisotopic (exact) mass is 290 g/mol. The van der Waals surface area contributed by atoms with Crippen LogP contribution < -0.4 is 10.6 Å². The van der Waals surface area contributed by atoms with Crippen LogP contribution in [0, 0.1) is 0 Å². The molecule has 6 heteroatoms. The molecule has 3 rings (SSSR count). The van der Waals surface area contributed by atoms with Crippen LogP contribution >= 0.6 is 0 Å². The number of carbonyl (C=O) groups is 1. The fourth-order valence-electron chi connectivity index (χ4n) is 3.41. The van der Waals surface area contributed by atoms with E-state index in [1.165, 1.54) is 26.5 Å². The number of esters is 1. The lowest BCUT2D eigenvalue weighted by molar-refractivity contribution is 0.0602. The van der Waals surface area contributed by atoms with Crippen LogP contribution in [0.15, 0.2) is 12.3 Å². The van der Waals surface area contributed by atoms with Gasteiger partial charge in [-0.25, -0.2) is 9.78 Å². The Kier molecular flexibility index (Phi) is 3.71. The zero-order valence-electron chi connectivity index (χ0n) is 12.6. The van der Waals surface area contributed by atoms with Crippen molar-refractivity contribution in [3.63, 3.8) is 0 Å². The van der Waals surface area contributed by atoms with E-state index in [0.29, 0.717) is 23.3 Å². The zero-order chi connectivity index (χ0) is 15.0. The minimum absolute atomic E-state index is 0.359. The smallest absolute Gasteiger partial charge is 0.340 e. The van der Waals surface area contributed by atoms with Gasteiger partial charge in [-0.15, -0.1) is 0 Å². The highest BCUT2D eigenvalue weighted by Crippen LogP contribution is 2.29. The minimum atomic E-state index is -0.414. The highest BCUT2D eigenvalue weighted by atomic mass is 16.5. The Morgan fingerprint density at radius 3 is 3.05 bits per heavy atom. The largest absolute Gasteiger partial charge is 0.465 e. The molecule has 2 fully saturated rings. The summed E-state index contributed by atoms with van der Waals surface area (Å²) < 4.78 is 4.78. The molecule has 0 aromatic carbocycles. The van der Waals surface area contributed by atoms with Crippen LogP contribution in [0.1, 0.15) is 30.1 Å². The summed E-state index contributed by atoms with van der Waals surface area (Å²) in [4.78, 5) is 21.0. The summed E-state index contributed by atoms with van der Waals surface area (Å²) in [5.74, 6) is 0.395. The Balaban J connectivity index is 1.87. The van der Waals surface area contributed by atoms with Crippen LogP contribution in [-0.4, -0.2) is 54.7 Å². The molecule has 0 amide bonds. The average Bonchev–Trinajstić information content (AvgIpc) is 2.93. The first kappa shape index (κ1) is 14.1. The average molecular weight is 290 g/mol. The summed E-state index contributed by atoms with van der Waals surface area (Å²) >= 11 is 0. The number of methoxy groups -OCH3 is 1. The van der Waals surface area contributed by atoms with Crippen molar-refractivity contribution < 1.29 is 9.53 Å². The van der Waals surface area contributed by atoms with Crippen molar-refractivity contribution in [3.8, 4) is 0 Å². The van der Waals surface area contributed by atoms with E-state index in [4.69, 9.17) is 10.5 Å². The third kappa shape index (κ3) is 2.55. The van der Waals surface area contributed by atoms with Gasteiger partial charge in [0.05, 0.1) is 24.6 Å². The number of pyridine rings is 1. The molecule has 2 atom stereocenters. The summed E-state index contributed by atoms with van der Waals surface area (Å²) in [5.41, 5.74) is 6.58. The maximum atomic E-state index is 11.8. The molecule has 0 bridgehead atoms. The Morgan fingerprint density at radius 2 is 2.29 bits per heavy atom. The number of aromatic nitrogens is 1. The molecule has 6 nitrogen and oxygen atoms in total. The molecule has 2 N–H and O–H groups in total. The maximum absolute atomic E-state index is 11.8. The van der Waals surface area contributed by atoms with Gasteiger partial charge in [-0.2, -0.15) is 0 Å². The van der Waals surface area contributed by atoms with Crippen LogP contribution in [0.5, 0.6) is 0 Å². The van der Waals surface area contributed by atoms with Gasteiger partial charge in [0.25, 0.3) is 0 Å². The van der Waals surface area contributed by atoms with Gasteiger partial charge in [-0.05, 0) is 32.4 Å². The van der Waals surface area contributed by atoms with Gasteiger partial charge in [-0.1, -0.05) is 0 Å². The minimum Gasteiger partial charge on any atom is -0.465 e. The van der Waals surface area contributed by atoms with E-state index in [-0.39, 0.29) is 0 Å². The van der Waals surface area contributed by atoms with Gasteiger partial charge in [0.1, 0.15) is 5.82 Å². The lowest BCUT2D eigenvalue weighted by Crippen LogP contribution is -2.55. The first-order chi connectivity index (χ1) is 10.1. The Hall–Kier alpha value is -1.82. The predicted octanol–water partition coefficient (Wildman–Crippen LogP) is 1.12. The van der Waals surface area contributed by atoms with Crippen molar-refractivity contribution in [3.05, 3.63) is 17.8 Å². The number of fused-ring (bicyclic) bond motifs is 1. The number of hydrogen-bond acceptors (Lipinski definition) is 6. The molecule has 114 valence electrons. The number of nitrogen functional groups attached to an aromatic ring is 1. The molecule has 2 saturated heterocycles. The summed E-state index contributed by atoms with van der Waals surface area (Å²) in [7, 11) is 1.36. The van der Waals surface area contributed by atoms with Crippen LogP contribution in [0.25, 0.3) is 0 Å². The first-order valence-electron chi connectivity index (χ1n) is 7.44. The summed E-state index contributed by atoms with van der Waals surface area (Å²) in [6.07, 6.45) is 4.06. The van der Waals surface area contributed by atoms with E-state index in [1.807, 2.05) is 0 Å². The van der Waals surface area contributed by atoms with E-state index in [9.17, 15) is 4.79 Å². The quantitative estimate of drug-likeness (QED) is 0.823. The lowest BCUT2D eigenvalue weighted by atomic mass is 10.1. The number of carbonyl (C=O) groups excluding carboxylic acids is 1. The van der Waals surface area contributed by atoms with Crippen molar-refractivity contribution >= 4 is 17.5 Å². The van der Waals surface area contributed by atoms with Gasteiger partial charge < -0.3 is 15.4 Å². The number of piperazine rings is 1. The normalized spacial score (nSPS) is 25.7. The fraction of sp³-hybridized carbons (Fsp3) is 0.600. The number of anilines is 2. The molecule has 21 heavy (non-hydrogen) atoms. The van der Waals surface area contributed by atoms with Crippen LogP contribution in [0.3, 0.4) is 0 Å². The van der Waals surface area contributed by atoms with Gasteiger partial charge in [0.2, 0.25) is 0 Å². The number of hydrogen-bond donors (Lipinski definition) is 1. The molecule has 2 aliphatic rings. The molecular formula is C15H22N4O2. The molecule has 0 spiro atoms. The summed E-state index contributed by atoms with van der Waals surface area (Å²) in [6, 6.07) is 2.73. The molecule has 0 saturated carbocycles. The van der Waals surface area contributed by atoms with Gasteiger partial charge in [0, 0.05) is 25.2 Å². The van der Waals surface area contributed by atoms with Crippen molar-refractivity contribution in [2.45, 2.75) is 31.8 Å². The molecule has 1 aromatic heterocycles. The van der Waals surface area contributed by atoms with Crippen molar-refractivity contribution in [1.29, 1.82) is 0 Å². The predicted molar refractivity (Wildman–Crippen MR) is 81.4 cm³/mol. The summed E-state index contributed by atoms with van der Waals surface area (Å²) in [6.45, 7) is 5.40. The second-order valence-corrected chi connectivity index (χ2v) is 5.91. The zero-order valence-corrected chi connectivity index (χ0v) is 12.6. The topological polar surface area (TPSA) is 71.7 Å². The lowest BCUT2D eigenvalue weighted by Gasteiger charge is -2.43. The van der Waals surface area contributed by atoms with Crippen LogP contribution in [0.2, 0.25) is 0 Å². The number of ether oxygens (including phenoxy) is 1. The highest BCUT2D eigenvalue weighted by molar-refractivity contribution is 5.95. The maximum Gasteiger partial charge on any atom is 0.340 e. The van der Waals surface area contributed by atoms with E-state index < -0.39 is 5.97 Å². The fourth-order valence-corrected chi connectivity index (χ4v) is 3.41. The summed E-state index contributed by atoms with van der Waals surface area (Å²) in [5, 5.41) is 0. The Morgan fingerprint density at radius 1 is 1.48 bits per heavy atom. The molecule has 2 aliphatic heterocycles. The second-order valence-electron chi connectivity index (χ2n) is 5.91. The first-order valence-corrected chi connectivity index (χ1v) is 7.44. The van der Waals surface area contributed by atoms with Crippen LogP contribution in [0.4, 0.5) is 11.5 Å². The van der Waals surface area contributed by atoms with E-state index in [0.717, 1.165) is 18.9 Å². The third-order valence-electron chi connectivity index (χ3n) is 4.56. The standard InChI is InChI=1S/C15H22N4O2/c1-10-8-18-5-3-4-11(18)9-19(10)14-6-12(15(20)21-2)13(16)7-17-14/h6-7,10-11H,3-5,8-9,16H2,1-2H3. The third-order valence-corrected chi connectivity index (χ3v) is 4.56. The van der Waals surface area contributed by atoms with Crippen LogP contribution in [-0.2, 0) is 4.74 Å². The number of rotatable bonds is 2. The number of nitrogens with zero attached hydrogens (tertiary/aromatic N) is 3. The van der Waals surface area contributed by atoms with E-state index in [2.05, 4.69) is 21.7 Å². The molecular weight excluding hydrogens is 268 g/mol. The molecule has 3 heterocycles. The number of nitrogens with two attached hydrogens (primary N) is 1. The van der Waals surface area contributed by atoms with E-state index in [1.54, 1.807) is 12.3 Å². The van der Waals surface area contributed by atoms with Crippen molar-refractivity contribution in [1.82, 2.24) is 9.88 Å². The highest BCUT2D eigenvalue weighted by Gasteiger charge is 2.35. The Bertz CT molecular complexity index is 548. The molecule has 0 radical (unpaired) electrons. The SMILES string of the molecule is COC(=O)c1cc(N2CC3CCCN3CC2C)ncc1N. The van der Waals surface area contributed by atoms with Crippen molar-refractivity contribution in [2.75, 3.05) is 37.4 Å². The van der Waals surface area contributed by atoms with Crippen molar-refractivity contribution in [2.24, 2.45) is 0 Å². The molecule has 2 unspecified atom stereocenters. The van der Waals surface area contributed by atoms with E-state index >= 15 is 0 Å². The van der Waals surface area contributed by atoms with Gasteiger partial charge in [-0.3, -0.25) is 4.90 Å². The second kappa shape index (κ2) is 5.52. The molecule has 1 aromatic rings. The molecule has 0 aliphatic carbocycles. The Labute approximate surface area is 124 Å². The van der Waals surface area contributed by atoms with Gasteiger partial charge in [0.15, 0.2) is 0 Å². The van der Waals surface area contributed by atoms with Gasteiger partial charge >= 0.3 is 5.97 Å².